The zero-order valence-electron chi connectivity index (χ0n) is 14.6. The first-order chi connectivity index (χ1) is 10.1. The first-order valence-corrected chi connectivity index (χ1v) is 8.22. The Bertz CT molecular complexity index is 424. The van der Waals surface area contributed by atoms with E-state index >= 15 is 0 Å². The van der Waals surface area contributed by atoms with Gasteiger partial charge in [0, 0.05) is 31.8 Å². The lowest BCUT2D eigenvalue weighted by atomic mass is 9.91. The van der Waals surface area contributed by atoms with Crippen LogP contribution in [0.4, 0.5) is 0 Å². The number of imide groups is 1. The normalized spacial score (nSPS) is 19.2. The third kappa shape index (κ3) is 5.78. The van der Waals surface area contributed by atoms with Gasteiger partial charge in [0.1, 0.15) is 0 Å². The number of nitrogens with one attached hydrogen (secondary N) is 1. The predicted octanol–water partition coefficient (Wildman–Crippen LogP) is 2.35. The third-order valence-corrected chi connectivity index (χ3v) is 4.07. The SMILES string of the molecule is CC(C)C1CC(=O)N(CCC(=O)NCCCC(C)(C)C)C1=O. The van der Waals surface area contributed by atoms with Crippen molar-refractivity contribution in [3.63, 3.8) is 0 Å². The molecule has 22 heavy (non-hydrogen) atoms. The molecule has 5 nitrogen and oxygen atoms in total. The van der Waals surface area contributed by atoms with Crippen molar-refractivity contribution < 1.29 is 14.4 Å². The minimum absolute atomic E-state index is 0.0949. The molecular weight excluding hydrogens is 280 g/mol. The number of nitrogens with zero attached hydrogens (tertiary/aromatic N) is 1. The van der Waals surface area contributed by atoms with E-state index in [-0.39, 0.29) is 54.4 Å². The number of carbonyl (C=O) groups excluding carboxylic acids is 3. The molecule has 5 heteroatoms. The van der Waals surface area contributed by atoms with E-state index in [2.05, 4.69) is 26.1 Å². The molecule has 0 saturated carbocycles. The summed E-state index contributed by atoms with van der Waals surface area (Å²) in [7, 11) is 0. The van der Waals surface area contributed by atoms with E-state index in [9.17, 15) is 14.4 Å². The lowest BCUT2D eigenvalue weighted by molar-refractivity contribution is -0.140. The number of likely N-dealkylation sites (tertiary alicyclic amines) is 1. The van der Waals surface area contributed by atoms with Gasteiger partial charge in [0.2, 0.25) is 17.7 Å². The van der Waals surface area contributed by atoms with Gasteiger partial charge < -0.3 is 5.32 Å². The summed E-state index contributed by atoms with van der Waals surface area (Å²) >= 11 is 0. The van der Waals surface area contributed by atoms with Gasteiger partial charge in [-0.25, -0.2) is 0 Å². The molecule has 1 N–H and O–H groups in total. The van der Waals surface area contributed by atoms with E-state index in [4.69, 9.17) is 0 Å². The van der Waals surface area contributed by atoms with E-state index in [1.807, 2.05) is 13.8 Å². The average molecular weight is 310 g/mol. The summed E-state index contributed by atoms with van der Waals surface area (Å²) in [6, 6.07) is 0. The van der Waals surface area contributed by atoms with E-state index < -0.39 is 0 Å². The third-order valence-electron chi connectivity index (χ3n) is 4.07. The Balaban J connectivity index is 2.29. The quantitative estimate of drug-likeness (QED) is 0.580. The van der Waals surface area contributed by atoms with Crippen molar-refractivity contribution in [1.82, 2.24) is 10.2 Å². The molecule has 1 unspecified atom stereocenters. The van der Waals surface area contributed by atoms with Crippen molar-refractivity contribution in [1.29, 1.82) is 0 Å². The maximum Gasteiger partial charge on any atom is 0.233 e. The highest BCUT2D eigenvalue weighted by Crippen LogP contribution is 2.26. The molecule has 1 rings (SSSR count). The maximum atomic E-state index is 12.1. The fourth-order valence-corrected chi connectivity index (χ4v) is 2.61. The van der Waals surface area contributed by atoms with Crippen LogP contribution in [-0.2, 0) is 14.4 Å². The highest BCUT2D eigenvalue weighted by atomic mass is 16.2. The number of hydrogen-bond acceptors (Lipinski definition) is 3. The van der Waals surface area contributed by atoms with Crippen molar-refractivity contribution in [3.05, 3.63) is 0 Å². The van der Waals surface area contributed by atoms with Crippen molar-refractivity contribution in [2.45, 2.75) is 60.3 Å². The second kappa shape index (κ2) is 7.75. The highest BCUT2D eigenvalue weighted by Gasteiger charge is 2.39. The fraction of sp³-hybridized carbons (Fsp3) is 0.824. The Labute approximate surface area is 133 Å². The summed E-state index contributed by atoms with van der Waals surface area (Å²) in [5.41, 5.74) is 0.269. The molecule has 1 saturated heterocycles. The van der Waals surface area contributed by atoms with E-state index in [0.29, 0.717) is 6.54 Å². The molecule has 1 aliphatic heterocycles. The largest absolute Gasteiger partial charge is 0.356 e. The number of rotatable bonds is 7. The zero-order valence-corrected chi connectivity index (χ0v) is 14.6. The van der Waals surface area contributed by atoms with Crippen molar-refractivity contribution in [2.75, 3.05) is 13.1 Å². The summed E-state index contributed by atoms with van der Waals surface area (Å²) in [4.78, 5) is 37.0. The second-order valence-electron chi connectivity index (χ2n) is 7.70. The van der Waals surface area contributed by atoms with Gasteiger partial charge in [0.15, 0.2) is 0 Å². The molecule has 3 amide bonds. The zero-order chi connectivity index (χ0) is 16.9. The molecule has 1 heterocycles. The summed E-state index contributed by atoms with van der Waals surface area (Å²) in [6.45, 7) is 11.3. The Morgan fingerprint density at radius 1 is 1.32 bits per heavy atom. The van der Waals surface area contributed by atoms with Crippen LogP contribution in [0.25, 0.3) is 0 Å². The van der Waals surface area contributed by atoms with Crippen LogP contribution in [0.2, 0.25) is 0 Å². The Kier molecular flexibility index (Phi) is 6.57. The van der Waals surface area contributed by atoms with Crippen LogP contribution in [0.5, 0.6) is 0 Å². The molecule has 0 spiro atoms. The number of amides is 3. The van der Waals surface area contributed by atoms with Crippen LogP contribution in [0.15, 0.2) is 0 Å². The molecule has 0 aromatic carbocycles. The standard InChI is InChI=1S/C17H30N2O3/c1-12(2)13-11-15(21)19(16(13)22)10-7-14(20)18-9-6-8-17(3,4)5/h12-13H,6-11H2,1-5H3,(H,18,20). The van der Waals surface area contributed by atoms with Gasteiger partial charge in [-0.2, -0.15) is 0 Å². The lowest BCUT2D eigenvalue weighted by Gasteiger charge is -2.18. The fourth-order valence-electron chi connectivity index (χ4n) is 2.61. The lowest BCUT2D eigenvalue weighted by Crippen LogP contribution is -2.36. The Hall–Kier alpha value is -1.39. The van der Waals surface area contributed by atoms with E-state index in [1.54, 1.807) is 0 Å². The van der Waals surface area contributed by atoms with Crippen molar-refractivity contribution in [3.8, 4) is 0 Å². The summed E-state index contributed by atoms with van der Waals surface area (Å²) in [5.74, 6) is -0.428. The smallest absolute Gasteiger partial charge is 0.233 e. The Morgan fingerprint density at radius 2 is 1.95 bits per heavy atom. The van der Waals surface area contributed by atoms with Crippen LogP contribution in [0, 0.1) is 17.3 Å². The van der Waals surface area contributed by atoms with Gasteiger partial charge in [-0.15, -0.1) is 0 Å². The molecule has 0 aliphatic carbocycles. The molecule has 1 atom stereocenters. The van der Waals surface area contributed by atoms with Crippen LogP contribution in [0.3, 0.4) is 0 Å². The van der Waals surface area contributed by atoms with Crippen LogP contribution >= 0.6 is 0 Å². The molecule has 0 aromatic rings. The molecule has 0 aromatic heterocycles. The average Bonchev–Trinajstić information content (AvgIpc) is 2.67. The van der Waals surface area contributed by atoms with Gasteiger partial charge >= 0.3 is 0 Å². The predicted molar refractivity (Wildman–Crippen MR) is 86.0 cm³/mol. The van der Waals surface area contributed by atoms with Crippen molar-refractivity contribution in [2.24, 2.45) is 17.3 Å². The summed E-state index contributed by atoms with van der Waals surface area (Å²) < 4.78 is 0. The van der Waals surface area contributed by atoms with Gasteiger partial charge in [-0.3, -0.25) is 19.3 Å². The van der Waals surface area contributed by atoms with Gasteiger partial charge in [-0.1, -0.05) is 34.6 Å². The molecule has 0 radical (unpaired) electrons. The van der Waals surface area contributed by atoms with E-state index in [1.165, 1.54) is 4.90 Å². The second-order valence-corrected chi connectivity index (χ2v) is 7.70. The molecule has 1 aliphatic rings. The van der Waals surface area contributed by atoms with Gasteiger partial charge in [0.25, 0.3) is 0 Å². The molecule has 0 bridgehead atoms. The van der Waals surface area contributed by atoms with Gasteiger partial charge in [0.05, 0.1) is 0 Å². The highest BCUT2D eigenvalue weighted by molar-refractivity contribution is 6.03. The number of hydrogen-bond donors (Lipinski definition) is 1. The molecule has 126 valence electrons. The molecular formula is C17H30N2O3. The first kappa shape index (κ1) is 18.7. The van der Waals surface area contributed by atoms with E-state index in [0.717, 1.165) is 12.8 Å². The van der Waals surface area contributed by atoms with Crippen LogP contribution in [0.1, 0.15) is 60.3 Å². The van der Waals surface area contributed by atoms with Crippen LogP contribution in [-0.4, -0.2) is 35.7 Å². The molecule has 1 fully saturated rings. The minimum Gasteiger partial charge on any atom is -0.356 e. The van der Waals surface area contributed by atoms with Crippen molar-refractivity contribution >= 4 is 17.7 Å². The maximum absolute atomic E-state index is 12.1. The topological polar surface area (TPSA) is 66.5 Å². The van der Waals surface area contributed by atoms with Crippen LogP contribution < -0.4 is 5.32 Å². The minimum atomic E-state index is -0.220. The Morgan fingerprint density at radius 3 is 2.45 bits per heavy atom. The van der Waals surface area contributed by atoms with Gasteiger partial charge in [-0.05, 0) is 24.2 Å². The number of carbonyl (C=O) groups is 3. The summed E-state index contributed by atoms with van der Waals surface area (Å²) in [6.07, 6.45) is 2.46. The first-order valence-electron chi connectivity index (χ1n) is 8.22. The summed E-state index contributed by atoms with van der Waals surface area (Å²) in [5, 5.41) is 2.85. The monoisotopic (exact) mass is 310 g/mol.